The zero-order valence-corrected chi connectivity index (χ0v) is 9.64. The van der Waals surface area contributed by atoms with E-state index in [0.29, 0.717) is 17.9 Å². The number of carbonyl (C=O) groups is 2. The summed E-state index contributed by atoms with van der Waals surface area (Å²) in [5.74, 6) is -0.958. The maximum atomic E-state index is 11.8. The summed E-state index contributed by atoms with van der Waals surface area (Å²) < 4.78 is 0. The molecule has 0 aromatic heterocycles. The van der Waals surface area contributed by atoms with Crippen LogP contribution in [0.25, 0.3) is 0 Å². The number of hydrogen-bond acceptors (Lipinski definition) is 3. The van der Waals surface area contributed by atoms with Crippen LogP contribution in [0.3, 0.4) is 0 Å². The van der Waals surface area contributed by atoms with Gasteiger partial charge in [0, 0.05) is 13.0 Å². The molecule has 0 radical (unpaired) electrons. The predicted molar refractivity (Wildman–Crippen MR) is 65.2 cm³/mol. The molecule has 2 amide bonds. The van der Waals surface area contributed by atoms with Gasteiger partial charge in [-0.05, 0) is 24.6 Å². The summed E-state index contributed by atoms with van der Waals surface area (Å²) in [5.41, 5.74) is 13.3. The molecule has 1 heterocycles. The van der Waals surface area contributed by atoms with Gasteiger partial charge in [0.1, 0.15) is 0 Å². The Morgan fingerprint density at radius 2 is 2.18 bits per heavy atom. The zero-order chi connectivity index (χ0) is 12.6. The van der Waals surface area contributed by atoms with E-state index in [1.807, 2.05) is 19.1 Å². The lowest BCUT2D eigenvalue weighted by atomic mass is 10.1. The molecule has 0 aliphatic carbocycles. The van der Waals surface area contributed by atoms with Gasteiger partial charge in [-0.25, -0.2) is 0 Å². The molecule has 2 rings (SSSR count). The quantitative estimate of drug-likeness (QED) is 0.725. The molecule has 0 saturated carbocycles. The summed E-state index contributed by atoms with van der Waals surface area (Å²) in [6.45, 7) is 2.25. The first-order chi connectivity index (χ1) is 7.99. The van der Waals surface area contributed by atoms with Crippen LogP contribution in [-0.2, 0) is 9.59 Å². The third-order valence-electron chi connectivity index (χ3n) is 3.00. The van der Waals surface area contributed by atoms with E-state index in [4.69, 9.17) is 11.5 Å². The molecule has 1 aromatic carbocycles. The van der Waals surface area contributed by atoms with E-state index >= 15 is 0 Å². The van der Waals surface area contributed by atoms with E-state index in [1.54, 1.807) is 6.07 Å². The lowest BCUT2D eigenvalue weighted by Gasteiger charge is -2.18. The Labute approximate surface area is 99.4 Å². The maximum Gasteiger partial charge on any atom is 0.227 e. The van der Waals surface area contributed by atoms with Gasteiger partial charge >= 0.3 is 0 Å². The first-order valence-corrected chi connectivity index (χ1v) is 5.45. The first kappa shape index (κ1) is 11.4. The number of hydrogen-bond donors (Lipinski definition) is 2. The Kier molecular flexibility index (Phi) is 2.75. The number of amides is 2. The number of nitrogens with zero attached hydrogens (tertiary/aromatic N) is 1. The van der Waals surface area contributed by atoms with Gasteiger partial charge in [-0.3, -0.25) is 9.59 Å². The van der Waals surface area contributed by atoms with E-state index in [-0.39, 0.29) is 12.3 Å². The number of carbonyl (C=O) groups excluding carboxylic acids is 2. The fraction of sp³-hybridized carbons (Fsp3) is 0.333. The minimum Gasteiger partial charge on any atom is -0.397 e. The van der Waals surface area contributed by atoms with E-state index < -0.39 is 11.8 Å². The highest BCUT2D eigenvalue weighted by atomic mass is 16.2. The van der Waals surface area contributed by atoms with Crippen LogP contribution in [0.5, 0.6) is 0 Å². The summed E-state index contributed by atoms with van der Waals surface area (Å²) in [6, 6.07) is 5.48. The smallest absolute Gasteiger partial charge is 0.227 e. The summed E-state index contributed by atoms with van der Waals surface area (Å²) in [4.78, 5) is 24.4. The molecule has 0 bridgehead atoms. The normalized spacial score (nSPS) is 19.7. The van der Waals surface area contributed by atoms with Gasteiger partial charge in [0.15, 0.2) is 0 Å². The molecule has 4 N–H and O–H groups in total. The minimum absolute atomic E-state index is 0.105. The van der Waals surface area contributed by atoms with Crippen LogP contribution >= 0.6 is 0 Å². The molecule has 1 aliphatic heterocycles. The number of aryl methyl sites for hydroxylation is 1. The van der Waals surface area contributed by atoms with Gasteiger partial charge in [0.2, 0.25) is 11.8 Å². The molecule has 1 atom stereocenters. The summed E-state index contributed by atoms with van der Waals surface area (Å²) >= 11 is 0. The molecule has 5 heteroatoms. The van der Waals surface area contributed by atoms with Crippen LogP contribution < -0.4 is 16.4 Å². The molecule has 1 fully saturated rings. The third-order valence-corrected chi connectivity index (χ3v) is 3.00. The summed E-state index contributed by atoms with van der Waals surface area (Å²) in [7, 11) is 0. The average molecular weight is 233 g/mol. The first-order valence-electron chi connectivity index (χ1n) is 5.45. The van der Waals surface area contributed by atoms with Gasteiger partial charge in [0.05, 0.1) is 17.3 Å². The topological polar surface area (TPSA) is 89.4 Å². The van der Waals surface area contributed by atoms with Gasteiger partial charge in [-0.2, -0.15) is 0 Å². The van der Waals surface area contributed by atoms with Gasteiger partial charge in [0.25, 0.3) is 0 Å². The maximum absolute atomic E-state index is 11.8. The fourth-order valence-corrected chi connectivity index (χ4v) is 2.02. The number of anilines is 2. The van der Waals surface area contributed by atoms with E-state index in [9.17, 15) is 9.59 Å². The highest BCUT2D eigenvalue weighted by molar-refractivity contribution is 6.02. The molecule has 90 valence electrons. The van der Waals surface area contributed by atoms with Gasteiger partial charge < -0.3 is 16.4 Å². The van der Waals surface area contributed by atoms with Crippen molar-refractivity contribution in [3.63, 3.8) is 0 Å². The van der Waals surface area contributed by atoms with Crippen molar-refractivity contribution in [2.75, 3.05) is 17.2 Å². The molecular formula is C12H15N3O2. The standard InChI is InChI=1S/C12H15N3O2/c1-7-2-3-9(13)10(4-7)15-6-8(12(14)17)5-11(15)16/h2-4,8H,5-6,13H2,1H3,(H2,14,17). The van der Waals surface area contributed by atoms with Crippen molar-refractivity contribution >= 4 is 23.2 Å². The van der Waals surface area contributed by atoms with Crippen LogP contribution in [-0.4, -0.2) is 18.4 Å². The monoisotopic (exact) mass is 233 g/mol. The molecule has 0 spiro atoms. The Balaban J connectivity index is 2.32. The van der Waals surface area contributed by atoms with Crippen molar-refractivity contribution < 1.29 is 9.59 Å². The van der Waals surface area contributed by atoms with E-state index in [2.05, 4.69) is 0 Å². The SMILES string of the molecule is Cc1ccc(N)c(N2CC(C(N)=O)CC2=O)c1. The Bertz CT molecular complexity index is 485. The largest absolute Gasteiger partial charge is 0.397 e. The van der Waals surface area contributed by atoms with Crippen molar-refractivity contribution in [1.82, 2.24) is 0 Å². The summed E-state index contributed by atoms with van der Waals surface area (Å²) in [5, 5.41) is 0. The Morgan fingerprint density at radius 1 is 1.47 bits per heavy atom. The second-order valence-electron chi connectivity index (χ2n) is 4.37. The number of rotatable bonds is 2. The van der Waals surface area contributed by atoms with Crippen LogP contribution in [0.1, 0.15) is 12.0 Å². The number of nitrogen functional groups attached to an aromatic ring is 1. The van der Waals surface area contributed by atoms with Gasteiger partial charge in [-0.1, -0.05) is 6.07 Å². The molecule has 1 saturated heterocycles. The van der Waals surface area contributed by atoms with Crippen molar-refractivity contribution in [3.8, 4) is 0 Å². The minimum atomic E-state index is -0.438. The van der Waals surface area contributed by atoms with Crippen molar-refractivity contribution in [3.05, 3.63) is 23.8 Å². The highest BCUT2D eigenvalue weighted by Crippen LogP contribution is 2.30. The second kappa shape index (κ2) is 4.08. The number of primary amides is 1. The number of benzene rings is 1. The van der Waals surface area contributed by atoms with E-state index in [1.165, 1.54) is 4.90 Å². The lowest BCUT2D eigenvalue weighted by molar-refractivity contribution is -0.123. The van der Waals surface area contributed by atoms with Crippen molar-refractivity contribution in [1.29, 1.82) is 0 Å². The van der Waals surface area contributed by atoms with Crippen LogP contribution in [0.2, 0.25) is 0 Å². The molecular weight excluding hydrogens is 218 g/mol. The third kappa shape index (κ3) is 2.08. The molecule has 17 heavy (non-hydrogen) atoms. The predicted octanol–water partition coefficient (Wildman–Crippen LogP) is 0.415. The molecule has 1 unspecified atom stereocenters. The van der Waals surface area contributed by atoms with Crippen LogP contribution in [0, 0.1) is 12.8 Å². The van der Waals surface area contributed by atoms with E-state index in [0.717, 1.165) is 5.56 Å². The summed E-state index contributed by atoms with van der Waals surface area (Å²) in [6.07, 6.45) is 0.169. The van der Waals surface area contributed by atoms with Crippen molar-refractivity contribution in [2.45, 2.75) is 13.3 Å². The highest BCUT2D eigenvalue weighted by Gasteiger charge is 2.34. The van der Waals surface area contributed by atoms with Crippen LogP contribution in [0.4, 0.5) is 11.4 Å². The van der Waals surface area contributed by atoms with Crippen molar-refractivity contribution in [2.24, 2.45) is 11.7 Å². The number of nitrogens with two attached hydrogens (primary N) is 2. The lowest BCUT2D eigenvalue weighted by Crippen LogP contribution is -2.28. The molecule has 1 aliphatic rings. The fourth-order valence-electron chi connectivity index (χ4n) is 2.02. The Morgan fingerprint density at radius 3 is 2.76 bits per heavy atom. The zero-order valence-electron chi connectivity index (χ0n) is 9.64. The average Bonchev–Trinajstić information content (AvgIpc) is 2.64. The Hall–Kier alpha value is -2.04. The second-order valence-corrected chi connectivity index (χ2v) is 4.37. The molecule has 5 nitrogen and oxygen atoms in total. The van der Waals surface area contributed by atoms with Gasteiger partial charge in [-0.15, -0.1) is 0 Å². The van der Waals surface area contributed by atoms with Crippen LogP contribution in [0.15, 0.2) is 18.2 Å². The molecule has 1 aromatic rings.